The quantitative estimate of drug-likeness (QED) is 0.829. The number of nitrogens with one attached hydrogen (secondary N) is 1. The van der Waals surface area contributed by atoms with Crippen LogP contribution < -0.4 is 10.2 Å². The van der Waals surface area contributed by atoms with Gasteiger partial charge in [0, 0.05) is 26.2 Å². The lowest BCUT2D eigenvalue weighted by atomic mass is 10.1. The molecule has 1 aromatic carbocycles. The minimum Gasteiger partial charge on any atom is -0.341 e. The van der Waals surface area contributed by atoms with Gasteiger partial charge in [-0.1, -0.05) is 23.7 Å². The van der Waals surface area contributed by atoms with E-state index >= 15 is 0 Å². The summed E-state index contributed by atoms with van der Waals surface area (Å²) in [6.07, 6.45) is 5.65. The number of aromatic nitrogens is 2. The molecule has 2 aliphatic heterocycles. The normalized spacial score (nSPS) is 16.3. The molecule has 7 nitrogen and oxygen atoms in total. The fourth-order valence-electron chi connectivity index (χ4n) is 3.86. The van der Waals surface area contributed by atoms with Crippen molar-refractivity contribution in [2.75, 3.05) is 36.4 Å². The Morgan fingerprint density at radius 2 is 1.76 bits per heavy atom. The van der Waals surface area contributed by atoms with Gasteiger partial charge < -0.3 is 15.1 Å². The highest BCUT2D eigenvalue weighted by Gasteiger charge is 2.25. The summed E-state index contributed by atoms with van der Waals surface area (Å²) in [6, 6.07) is 5.45. The second-order valence-electron chi connectivity index (χ2n) is 7.51. The lowest BCUT2D eigenvalue weighted by Crippen LogP contribution is -2.29. The van der Waals surface area contributed by atoms with Crippen LogP contribution in [0.25, 0.3) is 0 Å². The molecule has 2 saturated heterocycles. The molecule has 0 spiro atoms. The van der Waals surface area contributed by atoms with E-state index in [2.05, 4.69) is 15.3 Å². The number of rotatable bonds is 4. The third-order valence-electron chi connectivity index (χ3n) is 5.47. The molecule has 4 rings (SSSR count). The molecule has 0 unspecified atom stereocenters. The fourth-order valence-corrected chi connectivity index (χ4v) is 4.04. The Morgan fingerprint density at radius 3 is 2.48 bits per heavy atom. The number of halogens is 1. The van der Waals surface area contributed by atoms with Crippen molar-refractivity contribution in [1.29, 1.82) is 0 Å². The molecule has 8 heteroatoms. The van der Waals surface area contributed by atoms with Gasteiger partial charge in [-0.25, -0.2) is 9.97 Å². The van der Waals surface area contributed by atoms with Gasteiger partial charge in [0.25, 0.3) is 11.8 Å². The van der Waals surface area contributed by atoms with Gasteiger partial charge in [0.2, 0.25) is 5.95 Å². The number of carbonyl (C=O) groups excluding carboxylic acids is 2. The van der Waals surface area contributed by atoms with Crippen molar-refractivity contribution in [1.82, 2.24) is 14.9 Å². The van der Waals surface area contributed by atoms with Crippen LogP contribution in [0.5, 0.6) is 0 Å². The Hall–Kier alpha value is -2.67. The third kappa shape index (κ3) is 4.05. The minimum absolute atomic E-state index is 0.0620. The van der Waals surface area contributed by atoms with Gasteiger partial charge in [-0.05, 0) is 44.2 Å². The maximum Gasteiger partial charge on any atom is 0.276 e. The lowest BCUT2D eigenvalue weighted by Gasteiger charge is -2.20. The first-order chi connectivity index (χ1) is 14.0. The molecule has 2 amide bonds. The van der Waals surface area contributed by atoms with E-state index < -0.39 is 5.91 Å². The molecule has 0 saturated carbocycles. The van der Waals surface area contributed by atoms with Crippen molar-refractivity contribution >= 4 is 35.1 Å². The number of likely N-dealkylation sites (tertiary alicyclic amines) is 1. The molecule has 29 heavy (non-hydrogen) atoms. The Kier molecular flexibility index (Phi) is 5.67. The van der Waals surface area contributed by atoms with E-state index in [9.17, 15) is 9.59 Å². The van der Waals surface area contributed by atoms with Crippen molar-refractivity contribution < 1.29 is 9.59 Å². The Labute approximate surface area is 175 Å². The summed E-state index contributed by atoms with van der Waals surface area (Å²) in [5.41, 5.74) is 1.93. The molecule has 1 aromatic heterocycles. The summed E-state index contributed by atoms with van der Waals surface area (Å²) >= 11 is 6.23. The molecule has 152 valence electrons. The van der Waals surface area contributed by atoms with Gasteiger partial charge >= 0.3 is 0 Å². The largest absolute Gasteiger partial charge is 0.341 e. The van der Waals surface area contributed by atoms with Gasteiger partial charge in [0.15, 0.2) is 5.69 Å². The van der Waals surface area contributed by atoms with Gasteiger partial charge in [0.1, 0.15) is 0 Å². The molecule has 2 fully saturated rings. The fraction of sp³-hybridized carbons (Fsp3) is 0.429. The standard InChI is InChI=1S/C21H24ClN5O2/c1-14-7-6-8-15(20(29)26-9-2-3-10-26)17(14)24-19(28)18-16(22)13-23-21(25-18)27-11-4-5-12-27/h6-8,13H,2-5,9-12H2,1H3,(H,24,28). The third-order valence-corrected chi connectivity index (χ3v) is 5.75. The molecule has 0 bridgehead atoms. The maximum absolute atomic E-state index is 13.0. The van der Waals surface area contributed by atoms with Crippen molar-refractivity contribution in [3.8, 4) is 0 Å². The number of anilines is 2. The molecular weight excluding hydrogens is 390 g/mol. The highest BCUT2D eigenvalue weighted by molar-refractivity contribution is 6.34. The molecule has 2 aliphatic rings. The van der Waals surface area contributed by atoms with Crippen LogP contribution in [0.4, 0.5) is 11.6 Å². The Balaban J connectivity index is 1.62. The summed E-state index contributed by atoms with van der Waals surface area (Å²) in [6.45, 7) is 5.10. The van der Waals surface area contributed by atoms with Crippen LogP contribution in [0.2, 0.25) is 5.02 Å². The number of nitrogens with zero attached hydrogens (tertiary/aromatic N) is 4. The van der Waals surface area contributed by atoms with Crippen LogP contribution >= 0.6 is 11.6 Å². The summed E-state index contributed by atoms with van der Waals surface area (Å²) in [4.78, 5) is 38.5. The minimum atomic E-state index is -0.442. The predicted molar refractivity (Wildman–Crippen MR) is 113 cm³/mol. The smallest absolute Gasteiger partial charge is 0.276 e. The summed E-state index contributed by atoms with van der Waals surface area (Å²) < 4.78 is 0. The zero-order valence-corrected chi connectivity index (χ0v) is 17.2. The number of hydrogen-bond acceptors (Lipinski definition) is 5. The number of para-hydroxylation sites is 1. The molecular formula is C21H24ClN5O2. The zero-order chi connectivity index (χ0) is 20.4. The zero-order valence-electron chi connectivity index (χ0n) is 16.4. The van der Waals surface area contributed by atoms with Gasteiger partial charge in [-0.2, -0.15) is 0 Å². The lowest BCUT2D eigenvalue weighted by molar-refractivity contribution is 0.0794. The van der Waals surface area contributed by atoms with E-state index in [0.29, 0.717) is 17.2 Å². The molecule has 0 radical (unpaired) electrons. The second kappa shape index (κ2) is 8.37. The van der Waals surface area contributed by atoms with E-state index in [4.69, 9.17) is 11.6 Å². The van der Waals surface area contributed by atoms with E-state index in [1.807, 2.05) is 28.9 Å². The van der Waals surface area contributed by atoms with Crippen LogP contribution in [0.1, 0.15) is 52.1 Å². The van der Waals surface area contributed by atoms with Gasteiger partial charge in [0.05, 0.1) is 22.5 Å². The second-order valence-corrected chi connectivity index (χ2v) is 7.92. The van der Waals surface area contributed by atoms with Crippen molar-refractivity contribution in [2.24, 2.45) is 0 Å². The molecule has 2 aromatic rings. The first-order valence-electron chi connectivity index (χ1n) is 10.0. The number of benzene rings is 1. The maximum atomic E-state index is 13.0. The SMILES string of the molecule is Cc1cccc(C(=O)N2CCCC2)c1NC(=O)c1nc(N2CCCC2)ncc1Cl. The van der Waals surface area contributed by atoms with Gasteiger partial charge in [-0.15, -0.1) is 0 Å². The highest BCUT2D eigenvalue weighted by Crippen LogP contribution is 2.26. The van der Waals surface area contributed by atoms with E-state index in [-0.39, 0.29) is 16.6 Å². The molecule has 1 N–H and O–H groups in total. The molecule has 0 atom stereocenters. The van der Waals surface area contributed by atoms with Crippen LogP contribution in [0.3, 0.4) is 0 Å². The van der Waals surface area contributed by atoms with Crippen LogP contribution in [-0.2, 0) is 0 Å². The number of carbonyl (C=O) groups is 2. The van der Waals surface area contributed by atoms with Crippen molar-refractivity contribution in [3.05, 3.63) is 46.2 Å². The number of aryl methyl sites for hydroxylation is 1. The van der Waals surface area contributed by atoms with Crippen LogP contribution in [0.15, 0.2) is 24.4 Å². The summed E-state index contributed by atoms with van der Waals surface area (Å²) in [5.74, 6) is 0.00543. The first kappa shape index (κ1) is 19.6. The topological polar surface area (TPSA) is 78.4 Å². The Bertz CT molecular complexity index is 937. The average Bonchev–Trinajstić information content (AvgIpc) is 3.43. The van der Waals surface area contributed by atoms with Crippen molar-refractivity contribution in [2.45, 2.75) is 32.6 Å². The van der Waals surface area contributed by atoms with Crippen LogP contribution in [0, 0.1) is 6.92 Å². The van der Waals surface area contributed by atoms with E-state index in [1.165, 1.54) is 6.20 Å². The molecule has 0 aliphatic carbocycles. The summed E-state index contributed by atoms with van der Waals surface area (Å²) in [5, 5.41) is 3.06. The van der Waals surface area contributed by atoms with Crippen molar-refractivity contribution in [3.63, 3.8) is 0 Å². The van der Waals surface area contributed by atoms with E-state index in [1.54, 1.807) is 6.07 Å². The molecule has 3 heterocycles. The number of hydrogen-bond donors (Lipinski definition) is 1. The average molecular weight is 414 g/mol. The monoisotopic (exact) mass is 413 g/mol. The summed E-state index contributed by atoms with van der Waals surface area (Å²) in [7, 11) is 0. The number of amides is 2. The van der Waals surface area contributed by atoms with Crippen LogP contribution in [-0.4, -0.2) is 52.9 Å². The predicted octanol–water partition coefficient (Wildman–Crippen LogP) is 3.53. The van der Waals surface area contributed by atoms with E-state index in [0.717, 1.165) is 57.4 Å². The first-order valence-corrected chi connectivity index (χ1v) is 10.4. The van der Waals surface area contributed by atoms with Gasteiger partial charge in [-0.3, -0.25) is 9.59 Å². The highest BCUT2D eigenvalue weighted by atomic mass is 35.5. The Morgan fingerprint density at radius 1 is 1.07 bits per heavy atom.